The quantitative estimate of drug-likeness (QED) is 0.742. The van der Waals surface area contributed by atoms with Crippen molar-refractivity contribution in [2.45, 2.75) is 0 Å². The van der Waals surface area contributed by atoms with Gasteiger partial charge >= 0.3 is 0 Å². The van der Waals surface area contributed by atoms with Crippen molar-refractivity contribution in [2.24, 2.45) is 4.99 Å². The Labute approximate surface area is 114 Å². The number of aromatic nitrogens is 3. The van der Waals surface area contributed by atoms with Gasteiger partial charge in [-0.25, -0.2) is 10.1 Å². The topological polar surface area (TPSA) is 67.1 Å². The molecule has 2 heterocycles. The van der Waals surface area contributed by atoms with Crippen LogP contribution in [0.5, 0.6) is 0 Å². The minimum atomic E-state index is 0.427. The van der Waals surface area contributed by atoms with Crippen LogP contribution in [0.3, 0.4) is 0 Å². The van der Waals surface area contributed by atoms with Gasteiger partial charge in [-0.3, -0.25) is 0 Å². The summed E-state index contributed by atoms with van der Waals surface area (Å²) in [5, 5.41) is 6.98. The van der Waals surface area contributed by atoms with Gasteiger partial charge in [-0.2, -0.15) is 10.1 Å². The van der Waals surface area contributed by atoms with Crippen LogP contribution in [0.25, 0.3) is 11.3 Å². The zero-order valence-electron chi connectivity index (χ0n) is 9.75. The highest BCUT2D eigenvalue weighted by Gasteiger charge is 2.06. The summed E-state index contributed by atoms with van der Waals surface area (Å²) in [5.74, 6) is 1.74. The summed E-state index contributed by atoms with van der Waals surface area (Å²) in [6.07, 6.45) is 2.96. The minimum Gasteiger partial charge on any atom is -0.455 e. The Bertz CT molecular complexity index is 703. The average Bonchev–Trinajstić information content (AvgIpc) is 3.08. The molecule has 2 aromatic heterocycles. The SMILES string of the molecule is Clc1ccccc1-c1ccc(C=Nc2ncn[nH]2)o1. The maximum Gasteiger partial charge on any atom is 0.245 e. The van der Waals surface area contributed by atoms with Crippen LogP contribution in [0.1, 0.15) is 5.76 Å². The summed E-state index contributed by atoms with van der Waals surface area (Å²) in [7, 11) is 0. The second-order valence-corrected chi connectivity index (χ2v) is 4.16. The Morgan fingerprint density at radius 1 is 1.21 bits per heavy atom. The van der Waals surface area contributed by atoms with E-state index in [9.17, 15) is 0 Å². The number of nitrogens with zero attached hydrogens (tertiary/aromatic N) is 3. The van der Waals surface area contributed by atoms with Gasteiger partial charge in [-0.1, -0.05) is 23.7 Å². The third-order valence-electron chi connectivity index (χ3n) is 2.48. The Balaban J connectivity index is 1.86. The standard InChI is InChI=1S/C13H9ClN4O/c14-11-4-2-1-3-10(11)12-6-5-9(19-12)7-15-13-16-8-17-18-13/h1-8H,(H,16,17,18). The van der Waals surface area contributed by atoms with E-state index in [2.05, 4.69) is 20.2 Å². The predicted octanol–water partition coefficient (Wildman–Crippen LogP) is 3.47. The molecular weight excluding hydrogens is 264 g/mol. The smallest absolute Gasteiger partial charge is 0.245 e. The van der Waals surface area contributed by atoms with Crippen molar-refractivity contribution in [1.29, 1.82) is 0 Å². The van der Waals surface area contributed by atoms with E-state index in [0.717, 1.165) is 5.56 Å². The number of furan rings is 1. The van der Waals surface area contributed by atoms with E-state index in [0.29, 0.717) is 22.5 Å². The number of H-pyrrole nitrogens is 1. The molecule has 1 N–H and O–H groups in total. The fraction of sp³-hybridized carbons (Fsp3) is 0. The number of hydrogen-bond donors (Lipinski definition) is 1. The average molecular weight is 273 g/mol. The van der Waals surface area contributed by atoms with Gasteiger partial charge in [-0.05, 0) is 24.3 Å². The molecule has 0 unspecified atom stereocenters. The van der Waals surface area contributed by atoms with Crippen LogP contribution in [-0.2, 0) is 0 Å². The van der Waals surface area contributed by atoms with Gasteiger partial charge in [0.05, 0.1) is 11.2 Å². The molecule has 0 aliphatic carbocycles. The number of aromatic amines is 1. The van der Waals surface area contributed by atoms with Crippen LogP contribution < -0.4 is 0 Å². The fourth-order valence-electron chi connectivity index (χ4n) is 1.61. The van der Waals surface area contributed by atoms with Crippen LogP contribution in [0, 0.1) is 0 Å². The molecule has 6 heteroatoms. The van der Waals surface area contributed by atoms with E-state index in [1.165, 1.54) is 6.33 Å². The number of aliphatic imine (C=N–C) groups is 1. The Morgan fingerprint density at radius 2 is 2.11 bits per heavy atom. The molecule has 1 aromatic carbocycles. The lowest BCUT2D eigenvalue weighted by Gasteiger charge is -1.98. The zero-order valence-corrected chi connectivity index (χ0v) is 10.5. The van der Waals surface area contributed by atoms with E-state index in [-0.39, 0.29) is 0 Å². The molecule has 0 radical (unpaired) electrons. The highest BCUT2D eigenvalue weighted by molar-refractivity contribution is 6.33. The third-order valence-corrected chi connectivity index (χ3v) is 2.81. The number of halogens is 1. The summed E-state index contributed by atoms with van der Waals surface area (Å²) in [5.41, 5.74) is 0.850. The first kappa shape index (κ1) is 11.7. The summed E-state index contributed by atoms with van der Waals surface area (Å²) in [6, 6.07) is 11.2. The van der Waals surface area contributed by atoms with Crippen LogP contribution >= 0.6 is 11.6 Å². The summed E-state index contributed by atoms with van der Waals surface area (Å²) in [6.45, 7) is 0. The lowest BCUT2D eigenvalue weighted by Crippen LogP contribution is -1.77. The first-order chi connectivity index (χ1) is 9.33. The van der Waals surface area contributed by atoms with Gasteiger partial charge in [0, 0.05) is 5.56 Å². The number of benzene rings is 1. The van der Waals surface area contributed by atoms with Gasteiger partial charge < -0.3 is 4.42 Å². The van der Waals surface area contributed by atoms with Crippen molar-refractivity contribution in [3.05, 3.63) is 53.5 Å². The van der Waals surface area contributed by atoms with Gasteiger partial charge in [0.1, 0.15) is 17.8 Å². The van der Waals surface area contributed by atoms with Crippen molar-refractivity contribution in [1.82, 2.24) is 15.2 Å². The minimum absolute atomic E-state index is 0.427. The first-order valence-electron chi connectivity index (χ1n) is 5.57. The maximum atomic E-state index is 6.11. The molecule has 0 aliphatic rings. The van der Waals surface area contributed by atoms with Crippen LogP contribution in [0.2, 0.25) is 5.02 Å². The van der Waals surface area contributed by atoms with Gasteiger partial charge in [0.2, 0.25) is 5.95 Å². The predicted molar refractivity (Wildman–Crippen MR) is 72.8 cm³/mol. The summed E-state index contributed by atoms with van der Waals surface area (Å²) >= 11 is 6.11. The molecule has 0 amide bonds. The molecule has 0 saturated heterocycles. The van der Waals surface area contributed by atoms with Crippen molar-refractivity contribution in [3.8, 4) is 11.3 Å². The summed E-state index contributed by atoms with van der Waals surface area (Å²) < 4.78 is 5.65. The van der Waals surface area contributed by atoms with Crippen LogP contribution in [0.4, 0.5) is 5.95 Å². The zero-order chi connectivity index (χ0) is 13.1. The van der Waals surface area contributed by atoms with Crippen LogP contribution in [0.15, 0.2) is 52.1 Å². The van der Waals surface area contributed by atoms with Crippen molar-refractivity contribution < 1.29 is 4.42 Å². The number of nitrogens with one attached hydrogen (secondary N) is 1. The third kappa shape index (κ3) is 2.56. The second kappa shape index (κ2) is 5.07. The Hall–Kier alpha value is -2.40. The fourth-order valence-corrected chi connectivity index (χ4v) is 1.84. The van der Waals surface area contributed by atoms with Gasteiger partial charge in [-0.15, -0.1) is 0 Å². The Morgan fingerprint density at radius 3 is 2.89 bits per heavy atom. The molecule has 94 valence electrons. The second-order valence-electron chi connectivity index (χ2n) is 3.75. The van der Waals surface area contributed by atoms with Crippen molar-refractivity contribution in [3.63, 3.8) is 0 Å². The van der Waals surface area contributed by atoms with E-state index in [4.69, 9.17) is 16.0 Å². The van der Waals surface area contributed by atoms with E-state index in [1.54, 1.807) is 6.21 Å². The molecule has 3 rings (SSSR count). The highest BCUT2D eigenvalue weighted by atomic mass is 35.5. The molecule has 0 fully saturated rings. The molecule has 0 spiro atoms. The molecule has 0 aliphatic heterocycles. The lowest BCUT2D eigenvalue weighted by molar-refractivity contribution is 0.575. The normalized spacial score (nSPS) is 11.2. The number of rotatable bonds is 3. The first-order valence-corrected chi connectivity index (χ1v) is 5.95. The molecular formula is C13H9ClN4O. The van der Waals surface area contributed by atoms with Gasteiger partial charge in [0.15, 0.2) is 0 Å². The molecule has 0 bridgehead atoms. The largest absolute Gasteiger partial charge is 0.455 e. The maximum absolute atomic E-state index is 6.11. The van der Waals surface area contributed by atoms with Crippen molar-refractivity contribution >= 4 is 23.8 Å². The molecule has 0 saturated carbocycles. The van der Waals surface area contributed by atoms with Crippen molar-refractivity contribution in [2.75, 3.05) is 0 Å². The van der Waals surface area contributed by atoms with E-state index < -0.39 is 0 Å². The lowest BCUT2D eigenvalue weighted by atomic mass is 10.2. The molecule has 19 heavy (non-hydrogen) atoms. The van der Waals surface area contributed by atoms with Crippen LogP contribution in [-0.4, -0.2) is 21.4 Å². The van der Waals surface area contributed by atoms with Gasteiger partial charge in [0.25, 0.3) is 0 Å². The monoisotopic (exact) mass is 272 g/mol. The molecule has 0 atom stereocenters. The summed E-state index contributed by atoms with van der Waals surface area (Å²) in [4.78, 5) is 7.97. The number of hydrogen-bond acceptors (Lipinski definition) is 4. The molecule has 3 aromatic rings. The van der Waals surface area contributed by atoms with E-state index in [1.807, 2.05) is 36.4 Å². The van der Waals surface area contributed by atoms with E-state index >= 15 is 0 Å². The Kier molecular flexibility index (Phi) is 3.12. The highest BCUT2D eigenvalue weighted by Crippen LogP contribution is 2.28. The molecule has 5 nitrogen and oxygen atoms in total.